The van der Waals surface area contributed by atoms with Gasteiger partial charge in [-0.1, -0.05) is 30.4 Å². The molecule has 0 radical (unpaired) electrons. The van der Waals surface area contributed by atoms with E-state index in [1.807, 2.05) is 36.4 Å². The third-order valence-corrected chi connectivity index (χ3v) is 2.26. The molecule has 0 amide bonds. The van der Waals surface area contributed by atoms with Gasteiger partial charge in [0.1, 0.15) is 0 Å². The van der Waals surface area contributed by atoms with Crippen LogP contribution in [0.15, 0.2) is 42.6 Å². The van der Waals surface area contributed by atoms with Crippen LogP contribution in [-0.2, 0) is 0 Å². The summed E-state index contributed by atoms with van der Waals surface area (Å²) in [5.74, 6) is 0. The Labute approximate surface area is 94.2 Å². The van der Waals surface area contributed by atoms with Gasteiger partial charge < -0.3 is 11.1 Å². The van der Waals surface area contributed by atoms with Gasteiger partial charge in [-0.2, -0.15) is 10.2 Å². The van der Waals surface area contributed by atoms with Gasteiger partial charge >= 0.3 is 0 Å². The summed E-state index contributed by atoms with van der Waals surface area (Å²) < 4.78 is 0. The second-order valence-electron chi connectivity index (χ2n) is 3.36. The molecule has 0 atom stereocenters. The van der Waals surface area contributed by atoms with Crippen molar-refractivity contribution in [1.82, 2.24) is 10.2 Å². The molecular weight excluding hydrogens is 200 g/mol. The minimum absolute atomic E-state index is 0.566. The maximum atomic E-state index is 5.36. The van der Waals surface area contributed by atoms with Crippen molar-refractivity contribution in [2.24, 2.45) is 5.73 Å². The fraction of sp³-hybridized carbons (Fsp3) is 0.167. The van der Waals surface area contributed by atoms with Crippen LogP contribution in [0.3, 0.4) is 0 Å². The van der Waals surface area contributed by atoms with E-state index in [0.29, 0.717) is 6.54 Å². The first-order valence-corrected chi connectivity index (χ1v) is 5.21. The lowest BCUT2D eigenvalue weighted by molar-refractivity contribution is 1.07. The van der Waals surface area contributed by atoms with Crippen LogP contribution in [0.5, 0.6) is 0 Å². The Bertz CT molecular complexity index is 488. The first-order chi connectivity index (χ1) is 7.92. The quantitative estimate of drug-likeness (QED) is 0.758. The molecule has 4 nitrogen and oxygen atoms in total. The number of fused-ring (bicyclic) bond motifs is 1. The molecule has 0 saturated carbocycles. The van der Waals surface area contributed by atoms with Gasteiger partial charge in [0, 0.05) is 18.5 Å². The van der Waals surface area contributed by atoms with Crippen molar-refractivity contribution in [1.29, 1.82) is 0 Å². The SMILES string of the molecule is NC/C=C/CNc1cnnc2ccccc12. The van der Waals surface area contributed by atoms with Gasteiger partial charge in [-0.05, 0) is 6.07 Å². The van der Waals surface area contributed by atoms with E-state index in [1.54, 1.807) is 6.20 Å². The molecule has 0 saturated heterocycles. The van der Waals surface area contributed by atoms with Gasteiger partial charge in [0.15, 0.2) is 0 Å². The average Bonchev–Trinajstić information content (AvgIpc) is 2.35. The highest BCUT2D eigenvalue weighted by Gasteiger charge is 1.99. The lowest BCUT2D eigenvalue weighted by Gasteiger charge is -2.05. The summed E-state index contributed by atoms with van der Waals surface area (Å²) in [5.41, 5.74) is 7.25. The van der Waals surface area contributed by atoms with E-state index >= 15 is 0 Å². The molecule has 0 unspecified atom stereocenters. The summed E-state index contributed by atoms with van der Waals surface area (Å²) >= 11 is 0. The van der Waals surface area contributed by atoms with Crippen molar-refractivity contribution >= 4 is 16.6 Å². The lowest BCUT2D eigenvalue weighted by Crippen LogP contribution is -2.01. The second-order valence-corrected chi connectivity index (χ2v) is 3.36. The van der Waals surface area contributed by atoms with Gasteiger partial charge in [0.05, 0.1) is 17.4 Å². The van der Waals surface area contributed by atoms with Gasteiger partial charge in [0.25, 0.3) is 0 Å². The number of aromatic nitrogens is 2. The number of hydrogen-bond acceptors (Lipinski definition) is 4. The number of nitrogens with two attached hydrogens (primary N) is 1. The van der Waals surface area contributed by atoms with Crippen LogP contribution in [-0.4, -0.2) is 23.3 Å². The zero-order valence-electron chi connectivity index (χ0n) is 8.93. The molecule has 0 spiro atoms. The van der Waals surface area contributed by atoms with Crippen molar-refractivity contribution in [3.8, 4) is 0 Å². The Morgan fingerprint density at radius 1 is 1.25 bits per heavy atom. The Balaban J connectivity index is 2.20. The maximum Gasteiger partial charge on any atom is 0.0950 e. The van der Waals surface area contributed by atoms with Crippen LogP contribution < -0.4 is 11.1 Å². The summed E-state index contributed by atoms with van der Waals surface area (Å²) in [6, 6.07) is 7.92. The molecule has 82 valence electrons. The molecule has 1 aromatic heterocycles. The predicted octanol–water partition coefficient (Wildman–Crippen LogP) is 1.56. The van der Waals surface area contributed by atoms with Crippen molar-refractivity contribution in [3.05, 3.63) is 42.6 Å². The summed E-state index contributed by atoms with van der Waals surface area (Å²) in [6.07, 6.45) is 5.65. The summed E-state index contributed by atoms with van der Waals surface area (Å²) in [5, 5.41) is 12.4. The van der Waals surface area contributed by atoms with Crippen molar-refractivity contribution in [2.45, 2.75) is 0 Å². The number of hydrogen-bond donors (Lipinski definition) is 2. The first-order valence-electron chi connectivity index (χ1n) is 5.21. The topological polar surface area (TPSA) is 63.8 Å². The Kier molecular flexibility index (Phi) is 3.46. The van der Waals surface area contributed by atoms with E-state index < -0.39 is 0 Å². The molecule has 2 aromatic rings. The summed E-state index contributed by atoms with van der Waals surface area (Å²) in [4.78, 5) is 0. The van der Waals surface area contributed by atoms with Crippen molar-refractivity contribution < 1.29 is 0 Å². The molecule has 0 aliphatic carbocycles. The predicted molar refractivity (Wildman–Crippen MR) is 66.2 cm³/mol. The molecule has 0 bridgehead atoms. The normalized spacial score (nSPS) is 11.1. The minimum Gasteiger partial charge on any atom is -0.380 e. The third-order valence-electron chi connectivity index (χ3n) is 2.26. The Morgan fingerprint density at radius 3 is 3.00 bits per heavy atom. The lowest BCUT2D eigenvalue weighted by atomic mass is 10.2. The molecule has 2 rings (SSSR count). The standard InChI is InChI=1S/C12H14N4/c13-7-3-4-8-14-12-9-15-16-11-6-2-1-5-10(11)12/h1-6,9H,7-8,13H2,(H,14,16)/b4-3+. The second kappa shape index (κ2) is 5.23. The van der Waals surface area contributed by atoms with Gasteiger partial charge in [-0.3, -0.25) is 0 Å². The number of nitrogens with zero attached hydrogens (tertiary/aromatic N) is 2. The highest BCUT2D eigenvalue weighted by atomic mass is 15.1. The Hall–Kier alpha value is -1.94. The summed E-state index contributed by atoms with van der Waals surface area (Å²) in [7, 11) is 0. The third kappa shape index (κ3) is 2.35. The minimum atomic E-state index is 0.566. The van der Waals surface area contributed by atoms with Crippen molar-refractivity contribution in [2.75, 3.05) is 18.4 Å². The van der Waals surface area contributed by atoms with Crippen LogP contribution in [0.25, 0.3) is 10.9 Å². The molecular formula is C12H14N4. The van der Waals surface area contributed by atoms with E-state index in [0.717, 1.165) is 23.1 Å². The maximum absolute atomic E-state index is 5.36. The molecule has 3 N–H and O–H groups in total. The zero-order chi connectivity index (χ0) is 11.2. The molecule has 1 heterocycles. The molecule has 0 aliphatic rings. The number of anilines is 1. The fourth-order valence-electron chi connectivity index (χ4n) is 1.50. The molecule has 16 heavy (non-hydrogen) atoms. The van der Waals surface area contributed by atoms with Crippen LogP contribution in [0, 0.1) is 0 Å². The van der Waals surface area contributed by atoms with Gasteiger partial charge in [-0.25, -0.2) is 0 Å². The monoisotopic (exact) mass is 214 g/mol. The number of nitrogens with one attached hydrogen (secondary N) is 1. The molecule has 1 aromatic carbocycles. The van der Waals surface area contributed by atoms with Crippen LogP contribution in [0.4, 0.5) is 5.69 Å². The number of rotatable bonds is 4. The van der Waals surface area contributed by atoms with E-state index in [4.69, 9.17) is 5.73 Å². The smallest absolute Gasteiger partial charge is 0.0950 e. The van der Waals surface area contributed by atoms with E-state index in [2.05, 4.69) is 15.5 Å². The average molecular weight is 214 g/mol. The van der Waals surface area contributed by atoms with E-state index in [1.165, 1.54) is 0 Å². The van der Waals surface area contributed by atoms with E-state index in [9.17, 15) is 0 Å². The van der Waals surface area contributed by atoms with Crippen LogP contribution >= 0.6 is 0 Å². The first kappa shape index (κ1) is 10.6. The number of benzene rings is 1. The molecule has 4 heteroatoms. The Morgan fingerprint density at radius 2 is 2.12 bits per heavy atom. The zero-order valence-corrected chi connectivity index (χ0v) is 8.93. The fourth-order valence-corrected chi connectivity index (χ4v) is 1.50. The van der Waals surface area contributed by atoms with Gasteiger partial charge in [-0.15, -0.1) is 0 Å². The van der Waals surface area contributed by atoms with Crippen LogP contribution in [0.2, 0.25) is 0 Å². The molecule has 0 aliphatic heterocycles. The highest BCUT2D eigenvalue weighted by Crippen LogP contribution is 2.19. The molecule has 0 fully saturated rings. The van der Waals surface area contributed by atoms with E-state index in [-0.39, 0.29) is 0 Å². The van der Waals surface area contributed by atoms with Crippen LogP contribution in [0.1, 0.15) is 0 Å². The van der Waals surface area contributed by atoms with Gasteiger partial charge in [0.2, 0.25) is 0 Å². The highest BCUT2D eigenvalue weighted by molar-refractivity contribution is 5.90. The summed E-state index contributed by atoms with van der Waals surface area (Å²) in [6.45, 7) is 1.31. The largest absolute Gasteiger partial charge is 0.380 e. The van der Waals surface area contributed by atoms with Crippen molar-refractivity contribution in [3.63, 3.8) is 0 Å².